The third kappa shape index (κ3) is 11.6. The minimum Gasteiger partial charge on any atom is -0.444 e. The predicted octanol–water partition coefficient (Wildman–Crippen LogP) is 1.56. The molecule has 13 heteroatoms. The number of nitrogens with two attached hydrogens (primary N) is 1. The van der Waals surface area contributed by atoms with Gasteiger partial charge < -0.3 is 31.2 Å². The summed E-state index contributed by atoms with van der Waals surface area (Å²) in [6, 6.07) is -0.866. The van der Waals surface area contributed by atoms with Crippen LogP contribution >= 0.6 is 0 Å². The summed E-state index contributed by atoms with van der Waals surface area (Å²) in [4.78, 5) is 29.7. The summed E-state index contributed by atoms with van der Waals surface area (Å²) in [6.07, 6.45) is 2.19. The molecule has 2 atom stereocenters. The maximum Gasteiger partial charge on any atom is 0.410 e. The van der Waals surface area contributed by atoms with E-state index < -0.39 is 17.7 Å². The van der Waals surface area contributed by atoms with E-state index in [4.69, 9.17) is 26.1 Å². The van der Waals surface area contributed by atoms with Crippen molar-refractivity contribution in [2.24, 2.45) is 10.8 Å². The van der Waals surface area contributed by atoms with E-state index in [-0.39, 0.29) is 37.7 Å². The molecule has 2 amide bonds. The Morgan fingerprint density at radius 1 is 1.32 bits per heavy atom. The lowest BCUT2D eigenvalue weighted by Gasteiger charge is -2.31. The first-order chi connectivity index (χ1) is 16.0. The molecule has 0 aliphatic carbocycles. The first-order valence-corrected chi connectivity index (χ1v) is 11.4. The maximum absolute atomic E-state index is 12.8. The molecule has 0 aromatic rings. The minimum atomic E-state index is -0.603. The van der Waals surface area contributed by atoms with Crippen LogP contribution < -0.4 is 21.7 Å². The lowest BCUT2D eigenvalue weighted by Crippen LogP contribution is -2.49. The topological polar surface area (TPSA) is 191 Å². The third-order valence-corrected chi connectivity index (χ3v) is 4.89. The first-order valence-electron chi connectivity index (χ1n) is 11.4. The van der Waals surface area contributed by atoms with Crippen LogP contribution in [0.15, 0.2) is 17.4 Å². The smallest absolute Gasteiger partial charge is 0.410 e. The Labute approximate surface area is 200 Å². The molecule has 0 radical (unpaired) electrons. The number of carbonyl (C=O) groups is 2. The normalized spacial score (nSPS) is 16.2. The van der Waals surface area contributed by atoms with Gasteiger partial charge in [-0.2, -0.15) is 0 Å². The number of likely N-dealkylation sites (tertiary alicyclic amines) is 1. The van der Waals surface area contributed by atoms with E-state index >= 15 is 0 Å². The van der Waals surface area contributed by atoms with E-state index in [1.54, 1.807) is 4.90 Å². The summed E-state index contributed by atoms with van der Waals surface area (Å²) in [5.74, 6) is -0.361. The maximum atomic E-state index is 12.8. The van der Waals surface area contributed by atoms with Crippen LogP contribution in [-0.4, -0.2) is 79.9 Å². The number of nitrogens with zero attached hydrogens (tertiary/aromatic N) is 4. The standard InChI is InChI=1S/C21H39N9O4/c1-15(17-8-6-12-30(17)20(32)34-21(2,3)4)28-16(7-5-9-26-19(22)23)18(31)25-10-13-33-14-11-27-29-24/h16-17,28H,1,5-14H2,2-4H3,(H,25,31)(H4,22,23,26)/t16-,17-/m0/s1. The number of hydrogen-bond acceptors (Lipinski definition) is 7. The van der Waals surface area contributed by atoms with E-state index in [1.807, 2.05) is 20.8 Å². The van der Waals surface area contributed by atoms with Crippen LogP contribution in [0.2, 0.25) is 0 Å². The van der Waals surface area contributed by atoms with Gasteiger partial charge in [-0.3, -0.25) is 15.1 Å². The van der Waals surface area contributed by atoms with Gasteiger partial charge in [-0.25, -0.2) is 4.79 Å². The molecule has 0 bridgehead atoms. The van der Waals surface area contributed by atoms with Crippen molar-refractivity contribution in [1.82, 2.24) is 20.9 Å². The van der Waals surface area contributed by atoms with Crippen LogP contribution in [0.3, 0.4) is 0 Å². The van der Waals surface area contributed by atoms with Gasteiger partial charge in [0.15, 0.2) is 5.96 Å². The fourth-order valence-electron chi connectivity index (χ4n) is 3.41. The van der Waals surface area contributed by atoms with Crippen molar-refractivity contribution in [2.75, 3.05) is 39.4 Å². The molecule has 0 aromatic carbocycles. The summed E-state index contributed by atoms with van der Waals surface area (Å²) >= 11 is 0. The minimum absolute atomic E-state index is 0.129. The fraction of sp³-hybridized carbons (Fsp3) is 0.762. The highest BCUT2D eigenvalue weighted by Gasteiger charge is 2.35. The van der Waals surface area contributed by atoms with Gasteiger partial charge in [-0.05, 0) is 52.0 Å². The Hall–Kier alpha value is -3.18. The molecule has 1 rings (SSSR count). The van der Waals surface area contributed by atoms with E-state index in [0.717, 1.165) is 12.8 Å². The third-order valence-electron chi connectivity index (χ3n) is 4.89. The highest BCUT2D eigenvalue weighted by molar-refractivity contribution is 5.82. The molecule has 1 heterocycles. The van der Waals surface area contributed by atoms with Crippen molar-refractivity contribution < 1.29 is 19.1 Å². The first kappa shape index (κ1) is 28.9. The zero-order valence-electron chi connectivity index (χ0n) is 20.4. The Morgan fingerprint density at radius 3 is 2.71 bits per heavy atom. The molecule has 1 fully saturated rings. The number of ether oxygens (including phenoxy) is 2. The van der Waals surface area contributed by atoms with E-state index in [9.17, 15) is 9.59 Å². The molecule has 0 saturated carbocycles. The van der Waals surface area contributed by atoms with E-state index in [1.165, 1.54) is 0 Å². The number of hydrogen-bond donors (Lipinski definition) is 5. The molecule has 34 heavy (non-hydrogen) atoms. The van der Waals surface area contributed by atoms with Gasteiger partial charge in [-0.1, -0.05) is 11.7 Å². The number of azide groups is 1. The number of guanidine groups is 1. The molecule has 192 valence electrons. The number of carbonyl (C=O) groups excluding carboxylic acids is 2. The Balaban J connectivity index is 2.68. The van der Waals surface area contributed by atoms with Crippen molar-refractivity contribution in [1.29, 1.82) is 5.41 Å². The average Bonchev–Trinajstić information content (AvgIpc) is 3.24. The van der Waals surface area contributed by atoms with Crippen molar-refractivity contribution in [2.45, 2.75) is 64.1 Å². The van der Waals surface area contributed by atoms with Gasteiger partial charge in [0.05, 0.1) is 19.3 Å². The predicted molar refractivity (Wildman–Crippen MR) is 129 cm³/mol. The molecule has 6 N–H and O–H groups in total. The summed E-state index contributed by atoms with van der Waals surface area (Å²) in [5, 5.41) is 19.4. The Bertz CT molecular complexity index is 747. The lowest BCUT2D eigenvalue weighted by atomic mass is 10.1. The molecule has 0 aromatic heterocycles. The van der Waals surface area contributed by atoms with Gasteiger partial charge in [0.2, 0.25) is 5.91 Å². The zero-order valence-corrected chi connectivity index (χ0v) is 20.4. The summed E-state index contributed by atoms with van der Waals surface area (Å²) < 4.78 is 10.8. The van der Waals surface area contributed by atoms with Crippen molar-refractivity contribution in [3.63, 3.8) is 0 Å². The molecule has 0 spiro atoms. The summed E-state index contributed by atoms with van der Waals surface area (Å²) in [7, 11) is 0. The molecule has 1 aliphatic rings. The van der Waals surface area contributed by atoms with Crippen LogP contribution in [0.25, 0.3) is 10.4 Å². The van der Waals surface area contributed by atoms with Gasteiger partial charge in [0, 0.05) is 36.8 Å². The van der Waals surface area contributed by atoms with Crippen LogP contribution in [0.4, 0.5) is 4.79 Å². The molecular formula is C21H39N9O4. The quantitative estimate of drug-likeness (QED) is 0.0620. The largest absolute Gasteiger partial charge is 0.444 e. The van der Waals surface area contributed by atoms with Crippen LogP contribution in [0, 0.1) is 5.41 Å². The molecule has 13 nitrogen and oxygen atoms in total. The van der Waals surface area contributed by atoms with E-state index in [0.29, 0.717) is 38.2 Å². The molecule has 1 aliphatic heterocycles. The Kier molecular flexibility index (Phi) is 12.6. The van der Waals surface area contributed by atoms with Crippen LogP contribution in [0.5, 0.6) is 0 Å². The molecule has 1 saturated heterocycles. The van der Waals surface area contributed by atoms with Gasteiger partial charge >= 0.3 is 6.09 Å². The average molecular weight is 482 g/mol. The summed E-state index contributed by atoms with van der Waals surface area (Å²) in [6.45, 7) is 11.6. The molecule has 0 unspecified atom stereocenters. The number of nitrogens with one attached hydrogen (secondary N) is 4. The highest BCUT2D eigenvalue weighted by Crippen LogP contribution is 2.24. The van der Waals surface area contributed by atoms with Gasteiger partial charge in [0.1, 0.15) is 11.6 Å². The number of amides is 2. The van der Waals surface area contributed by atoms with Crippen LogP contribution in [-0.2, 0) is 14.3 Å². The second-order valence-corrected chi connectivity index (χ2v) is 8.89. The second-order valence-electron chi connectivity index (χ2n) is 8.89. The zero-order chi connectivity index (χ0) is 25.6. The van der Waals surface area contributed by atoms with Crippen molar-refractivity contribution in [3.8, 4) is 0 Å². The SMILES string of the molecule is C=C(N[C@@H](CCCNC(=N)N)C(=O)NCCOCCN=[N+]=[N-])[C@@H]1CCCN1C(=O)OC(C)(C)C. The fourth-order valence-corrected chi connectivity index (χ4v) is 3.41. The number of rotatable bonds is 14. The van der Waals surface area contributed by atoms with Gasteiger partial charge in [-0.15, -0.1) is 0 Å². The van der Waals surface area contributed by atoms with Gasteiger partial charge in [0.25, 0.3) is 0 Å². The van der Waals surface area contributed by atoms with Crippen molar-refractivity contribution >= 4 is 18.0 Å². The molecular weight excluding hydrogens is 442 g/mol. The van der Waals surface area contributed by atoms with E-state index in [2.05, 4.69) is 32.6 Å². The highest BCUT2D eigenvalue weighted by atomic mass is 16.6. The lowest BCUT2D eigenvalue weighted by molar-refractivity contribution is -0.123. The Morgan fingerprint density at radius 2 is 2.06 bits per heavy atom. The summed E-state index contributed by atoms with van der Waals surface area (Å²) in [5.41, 5.74) is 13.5. The van der Waals surface area contributed by atoms with Crippen molar-refractivity contribution in [3.05, 3.63) is 22.7 Å². The monoisotopic (exact) mass is 481 g/mol. The van der Waals surface area contributed by atoms with Crippen LogP contribution in [0.1, 0.15) is 46.5 Å². The second kappa shape index (κ2) is 14.9.